The quantitative estimate of drug-likeness (QED) is 0.560. The Morgan fingerprint density at radius 3 is 2.26 bits per heavy atom. The summed E-state index contributed by atoms with van der Waals surface area (Å²) in [5, 5.41) is 14.3. The van der Waals surface area contributed by atoms with Crippen LogP contribution in [0.2, 0.25) is 0 Å². The van der Waals surface area contributed by atoms with Crippen LogP contribution in [0.3, 0.4) is 0 Å². The number of amides is 3. The lowest BCUT2D eigenvalue weighted by atomic mass is 9.98. The number of hydrogen-bond acceptors (Lipinski definition) is 5. The number of carbonyl (C=O) groups excluding carboxylic acids is 3. The molecule has 1 saturated heterocycles. The summed E-state index contributed by atoms with van der Waals surface area (Å²) in [6, 6.07) is 13.8. The maximum atomic E-state index is 13.2. The third-order valence-corrected chi connectivity index (χ3v) is 6.65. The van der Waals surface area contributed by atoms with Crippen molar-refractivity contribution < 1.29 is 29.0 Å². The fraction of sp³-hybridized carbons (Fsp3) is 0.385. The molecule has 184 valence electrons. The van der Waals surface area contributed by atoms with Gasteiger partial charge in [0.05, 0.1) is 6.42 Å². The molecule has 3 amide bonds. The van der Waals surface area contributed by atoms with Crippen LogP contribution in [-0.2, 0) is 19.1 Å². The number of benzene rings is 2. The van der Waals surface area contributed by atoms with Crippen LogP contribution in [0.5, 0.6) is 0 Å². The molecule has 2 unspecified atom stereocenters. The van der Waals surface area contributed by atoms with Gasteiger partial charge in [0.15, 0.2) is 0 Å². The number of hydrogen-bond donors (Lipinski definition) is 3. The highest BCUT2D eigenvalue weighted by atomic mass is 16.5. The molecular weight excluding hydrogens is 450 g/mol. The second kappa shape index (κ2) is 10.6. The fourth-order valence-electron chi connectivity index (χ4n) is 4.99. The predicted octanol–water partition coefficient (Wildman–Crippen LogP) is 2.50. The van der Waals surface area contributed by atoms with Crippen molar-refractivity contribution in [2.45, 2.75) is 43.7 Å². The SMILES string of the molecule is CNC(=O)C1CCCCN1C(=O)C(CC(=O)O)NC(=O)OCC1c2ccccc2-c2ccccc21. The molecule has 4 rings (SSSR count). The summed E-state index contributed by atoms with van der Waals surface area (Å²) in [5.41, 5.74) is 4.26. The van der Waals surface area contributed by atoms with Gasteiger partial charge in [0.1, 0.15) is 18.7 Å². The average Bonchev–Trinajstić information content (AvgIpc) is 3.19. The van der Waals surface area contributed by atoms with Crippen LogP contribution < -0.4 is 10.6 Å². The van der Waals surface area contributed by atoms with Gasteiger partial charge in [0.25, 0.3) is 0 Å². The van der Waals surface area contributed by atoms with Crippen LogP contribution in [0.25, 0.3) is 11.1 Å². The van der Waals surface area contributed by atoms with Crippen LogP contribution in [0.1, 0.15) is 42.7 Å². The van der Waals surface area contributed by atoms with E-state index in [1.807, 2.05) is 48.5 Å². The zero-order valence-electron chi connectivity index (χ0n) is 19.5. The summed E-state index contributed by atoms with van der Waals surface area (Å²) in [6.07, 6.45) is 0.478. The summed E-state index contributed by atoms with van der Waals surface area (Å²) in [5.74, 6) is -2.32. The molecular formula is C26H29N3O6. The van der Waals surface area contributed by atoms with Crippen molar-refractivity contribution in [2.75, 3.05) is 20.2 Å². The highest BCUT2D eigenvalue weighted by Gasteiger charge is 2.37. The third kappa shape index (κ3) is 5.13. The molecule has 0 saturated carbocycles. The second-order valence-corrected chi connectivity index (χ2v) is 8.78. The highest BCUT2D eigenvalue weighted by Crippen LogP contribution is 2.44. The van der Waals surface area contributed by atoms with Crippen molar-refractivity contribution >= 4 is 23.9 Å². The first-order chi connectivity index (χ1) is 16.9. The zero-order valence-corrected chi connectivity index (χ0v) is 19.5. The highest BCUT2D eigenvalue weighted by molar-refractivity contribution is 5.93. The van der Waals surface area contributed by atoms with Crippen LogP contribution in [0.4, 0.5) is 4.79 Å². The number of likely N-dealkylation sites (N-methyl/N-ethyl adjacent to an activating group) is 1. The molecule has 2 aromatic rings. The zero-order chi connectivity index (χ0) is 24.9. The molecule has 0 bridgehead atoms. The number of ether oxygens (including phenoxy) is 1. The molecule has 0 spiro atoms. The van der Waals surface area contributed by atoms with Crippen molar-refractivity contribution in [3.8, 4) is 11.1 Å². The van der Waals surface area contributed by atoms with Crippen molar-refractivity contribution in [1.29, 1.82) is 0 Å². The van der Waals surface area contributed by atoms with Crippen LogP contribution in [-0.4, -0.2) is 66.2 Å². The Morgan fingerprint density at radius 1 is 1.03 bits per heavy atom. The van der Waals surface area contributed by atoms with E-state index in [0.717, 1.165) is 28.7 Å². The number of likely N-dealkylation sites (tertiary alicyclic amines) is 1. The van der Waals surface area contributed by atoms with Crippen molar-refractivity contribution in [3.05, 3.63) is 59.7 Å². The van der Waals surface area contributed by atoms with Gasteiger partial charge >= 0.3 is 12.1 Å². The standard InChI is InChI=1S/C26H29N3O6/c1-27-24(32)22-12-6-7-13-29(22)25(33)21(14-23(30)31)28-26(34)35-15-20-18-10-4-2-8-16(18)17-9-3-5-11-19(17)20/h2-5,8-11,20-22H,6-7,12-15H2,1H3,(H,27,32)(H,28,34)(H,30,31). The maximum absolute atomic E-state index is 13.2. The lowest BCUT2D eigenvalue weighted by Crippen LogP contribution is -2.57. The molecule has 1 heterocycles. The monoisotopic (exact) mass is 479 g/mol. The number of carbonyl (C=O) groups is 4. The summed E-state index contributed by atoms with van der Waals surface area (Å²) in [4.78, 5) is 51.0. The molecule has 2 aromatic carbocycles. The van der Waals surface area contributed by atoms with Crippen LogP contribution >= 0.6 is 0 Å². The first kappa shape index (κ1) is 24.3. The fourth-order valence-corrected chi connectivity index (χ4v) is 4.99. The second-order valence-electron chi connectivity index (χ2n) is 8.78. The number of fused-ring (bicyclic) bond motifs is 3. The minimum atomic E-state index is -1.34. The van der Waals surface area contributed by atoms with Gasteiger partial charge in [-0.15, -0.1) is 0 Å². The van der Waals surface area contributed by atoms with Crippen LogP contribution in [0, 0.1) is 0 Å². The molecule has 0 aromatic heterocycles. The van der Waals surface area contributed by atoms with Gasteiger partial charge in [0.2, 0.25) is 11.8 Å². The molecule has 1 aliphatic heterocycles. The number of piperidine rings is 1. The Balaban J connectivity index is 1.45. The third-order valence-electron chi connectivity index (χ3n) is 6.65. The van der Waals surface area contributed by atoms with Gasteiger partial charge in [-0.25, -0.2) is 4.79 Å². The Hall–Kier alpha value is -3.88. The first-order valence-corrected chi connectivity index (χ1v) is 11.8. The summed E-state index contributed by atoms with van der Waals surface area (Å²) in [7, 11) is 1.49. The van der Waals surface area contributed by atoms with Gasteiger partial charge in [-0.2, -0.15) is 0 Å². The van der Waals surface area contributed by atoms with E-state index in [0.29, 0.717) is 19.4 Å². The predicted molar refractivity (Wildman–Crippen MR) is 128 cm³/mol. The van der Waals surface area contributed by atoms with Crippen molar-refractivity contribution in [1.82, 2.24) is 15.5 Å². The number of nitrogens with one attached hydrogen (secondary N) is 2. The van der Waals surface area contributed by atoms with E-state index in [2.05, 4.69) is 10.6 Å². The van der Waals surface area contributed by atoms with Gasteiger partial charge in [-0.1, -0.05) is 48.5 Å². The van der Waals surface area contributed by atoms with E-state index in [1.54, 1.807) is 0 Å². The average molecular weight is 480 g/mol. The molecule has 0 radical (unpaired) electrons. The van der Waals surface area contributed by atoms with Gasteiger partial charge in [0, 0.05) is 19.5 Å². The minimum absolute atomic E-state index is 0.0401. The maximum Gasteiger partial charge on any atom is 0.407 e. The van der Waals surface area contributed by atoms with E-state index in [9.17, 15) is 24.3 Å². The lowest BCUT2D eigenvalue weighted by Gasteiger charge is -2.36. The van der Waals surface area contributed by atoms with Gasteiger partial charge in [-0.3, -0.25) is 14.4 Å². The summed E-state index contributed by atoms with van der Waals surface area (Å²) in [6.45, 7) is 0.359. The van der Waals surface area contributed by atoms with E-state index in [-0.39, 0.29) is 18.4 Å². The van der Waals surface area contributed by atoms with Gasteiger partial charge < -0.3 is 25.4 Å². The van der Waals surface area contributed by atoms with Crippen molar-refractivity contribution in [2.24, 2.45) is 0 Å². The summed E-state index contributed by atoms with van der Waals surface area (Å²) < 4.78 is 5.49. The number of rotatable bonds is 7. The molecule has 1 fully saturated rings. The topological polar surface area (TPSA) is 125 Å². The van der Waals surface area contributed by atoms with Crippen LogP contribution in [0.15, 0.2) is 48.5 Å². The molecule has 9 nitrogen and oxygen atoms in total. The van der Waals surface area contributed by atoms with E-state index < -0.39 is 36.5 Å². The first-order valence-electron chi connectivity index (χ1n) is 11.8. The normalized spacial score (nSPS) is 17.6. The van der Waals surface area contributed by atoms with Crippen molar-refractivity contribution in [3.63, 3.8) is 0 Å². The molecule has 35 heavy (non-hydrogen) atoms. The number of alkyl carbamates (subject to hydrolysis) is 1. The number of nitrogens with zero attached hydrogens (tertiary/aromatic N) is 1. The van der Waals surface area contributed by atoms with Gasteiger partial charge in [-0.05, 0) is 41.5 Å². The van der Waals surface area contributed by atoms with E-state index in [1.165, 1.54) is 11.9 Å². The number of carboxylic acids is 1. The number of carboxylic acid groups (broad SMARTS) is 1. The van der Waals surface area contributed by atoms with E-state index >= 15 is 0 Å². The molecule has 2 aliphatic rings. The molecule has 9 heteroatoms. The molecule has 1 aliphatic carbocycles. The smallest absolute Gasteiger partial charge is 0.407 e. The Bertz CT molecular complexity index is 1090. The minimum Gasteiger partial charge on any atom is -0.481 e. The van der Waals surface area contributed by atoms with E-state index in [4.69, 9.17) is 4.74 Å². The largest absolute Gasteiger partial charge is 0.481 e. The molecule has 2 atom stereocenters. The lowest BCUT2D eigenvalue weighted by molar-refractivity contribution is -0.147. The molecule has 3 N–H and O–H groups in total. The summed E-state index contributed by atoms with van der Waals surface area (Å²) >= 11 is 0. The Kier molecular flexibility index (Phi) is 7.33. The Labute approximate surface area is 203 Å². The number of aliphatic carboxylic acids is 1. The Morgan fingerprint density at radius 2 is 1.66 bits per heavy atom.